The van der Waals surface area contributed by atoms with Gasteiger partial charge in [-0.3, -0.25) is 4.79 Å². The molecule has 1 aromatic carbocycles. The summed E-state index contributed by atoms with van der Waals surface area (Å²) in [6, 6.07) is 7.94. The quantitative estimate of drug-likeness (QED) is 0.770. The van der Waals surface area contributed by atoms with Crippen LogP contribution < -0.4 is 15.8 Å². The fourth-order valence-corrected chi connectivity index (χ4v) is 1.49. The number of nitrogens with two attached hydrogens (primary N) is 1. The first-order valence-corrected chi connectivity index (χ1v) is 6.37. The van der Waals surface area contributed by atoms with Crippen LogP contribution in [0.15, 0.2) is 24.3 Å². The van der Waals surface area contributed by atoms with Crippen LogP contribution in [0.4, 0.5) is 0 Å². The minimum Gasteiger partial charge on any atom is -0.493 e. The Kier molecular flexibility index (Phi) is 6.22. The molecule has 4 nitrogen and oxygen atoms in total. The summed E-state index contributed by atoms with van der Waals surface area (Å²) in [6.45, 7) is 4.82. The van der Waals surface area contributed by atoms with Gasteiger partial charge in [0.05, 0.1) is 13.0 Å². The molecule has 3 N–H and O–H groups in total. The van der Waals surface area contributed by atoms with Crippen LogP contribution in [0.3, 0.4) is 0 Å². The lowest BCUT2D eigenvalue weighted by Crippen LogP contribution is -2.38. The maximum atomic E-state index is 11.5. The summed E-state index contributed by atoms with van der Waals surface area (Å²) >= 11 is 0. The van der Waals surface area contributed by atoms with Crippen LogP contribution in [0.2, 0.25) is 0 Å². The average molecular weight is 250 g/mol. The number of carbonyl (C=O) groups excluding carboxylic acids is 1. The van der Waals surface area contributed by atoms with Gasteiger partial charge in [0.1, 0.15) is 5.75 Å². The molecule has 0 fully saturated rings. The van der Waals surface area contributed by atoms with Gasteiger partial charge >= 0.3 is 0 Å². The van der Waals surface area contributed by atoms with E-state index in [0.29, 0.717) is 19.6 Å². The number of ether oxygens (including phenoxy) is 1. The van der Waals surface area contributed by atoms with Crippen molar-refractivity contribution < 1.29 is 9.53 Å². The average Bonchev–Trinajstić information content (AvgIpc) is 2.39. The van der Waals surface area contributed by atoms with Crippen molar-refractivity contribution in [3.63, 3.8) is 0 Å². The lowest BCUT2D eigenvalue weighted by atomic mass is 10.2. The Morgan fingerprint density at radius 1 is 1.39 bits per heavy atom. The van der Waals surface area contributed by atoms with Gasteiger partial charge in [0, 0.05) is 12.6 Å². The first-order chi connectivity index (χ1) is 8.65. The number of nitrogens with one attached hydrogen (secondary N) is 1. The van der Waals surface area contributed by atoms with Crippen LogP contribution in [-0.4, -0.2) is 25.1 Å². The molecule has 1 amide bonds. The Balaban J connectivity index is 2.26. The topological polar surface area (TPSA) is 64.3 Å². The standard InChI is InChI=1S/C14H22N2O2/c1-3-12-4-6-13(7-5-12)18-9-8-14(17)16-11(2)10-15/h4-7,11H,3,8-10,15H2,1-2H3,(H,16,17). The molecule has 1 aromatic rings. The fourth-order valence-electron chi connectivity index (χ4n) is 1.49. The van der Waals surface area contributed by atoms with Gasteiger partial charge in [-0.05, 0) is 31.0 Å². The lowest BCUT2D eigenvalue weighted by molar-refractivity contribution is -0.122. The first-order valence-electron chi connectivity index (χ1n) is 6.37. The Morgan fingerprint density at radius 3 is 2.61 bits per heavy atom. The van der Waals surface area contributed by atoms with Crippen molar-refractivity contribution in [3.05, 3.63) is 29.8 Å². The third-order valence-corrected chi connectivity index (χ3v) is 2.69. The molecule has 0 bridgehead atoms. The Morgan fingerprint density at radius 2 is 2.06 bits per heavy atom. The Hall–Kier alpha value is -1.55. The molecule has 4 heteroatoms. The second kappa shape index (κ2) is 7.71. The summed E-state index contributed by atoms with van der Waals surface area (Å²) in [4.78, 5) is 11.5. The molecule has 1 unspecified atom stereocenters. The summed E-state index contributed by atoms with van der Waals surface area (Å²) in [5.41, 5.74) is 6.70. The molecule has 0 saturated carbocycles. The molecule has 0 radical (unpaired) electrons. The molecule has 1 rings (SSSR count). The molecule has 0 heterocycles. The van der Waals surface area contributed by atoms with Crippen LogP contribution in [0.5, 0.6) is 5.75 Å². The monoisotopic (exact) mass is 250 g/mol. The lowest BCUT2D eigenvalue weighted by Gasteiger charge is -2.11. The smallest absolute Gasteiger partial charge is 0.223 e. The maximum Gasteiger partial charge on any atom is 0.223 e. The number of rotatable bonds is 7. The predicted molar refractivity (Wildman–Crippen MR) is 72.6 cm³/mol. The number of hydrogen-bond donors (Lipinski definition) is 2. The van der Waals surface area contributed by atoms with Crippen molar-refractivity contribution in [2.24, 2.45) is 5.73 Å². The van der Waals surface area contributed by atoms with Gasteiger partial charge in [-0.2, -0.15) is 0 Å². The van der Waals surface area contributed by atoms with Gasteiger partial charge in [-0.25, -0.2) is 0 Å². The van der Waals surface area contributed by atoms with E-state index in [1.165, 1.54) is 5.56 Å². The van der Waals surface area contributed by atoms with Gasteiger partial charge in [0.15, 0.2) is 0 Å². The van der Waals surface area contributed by atoms with E-state index in [4.69, 9.17) is 10.5 Å². The number of hydrogen-bond acceptors (Lipinski definition) is 3. The predicted octanol–water partition coefficient (Wildman–Crippen LogP) is 1.48. The molecule has 100 valence electrons. The molecular weight excluding hydrogens is 228 g/mol. The molecule has 0 aliphatic carbocycles. The third kappa shape index (κ3) is 5.19. The Labute approximate surface area is 109 Å². The zero-order valence-corrected chi connectivity index (χ0v) is 11.1. The summed E-state index contributed by atoms with van der Waals surface area (Å²) < 4.78 is 5.50. The van der Waals surface area contributed by atoms with E-state index in [9.17, 15) is 4.79 Å². The largest absolute Gasteiger partial charge is 0.493 e. The highest BCUT2D eigenvalue weighted by Crippen LogP contribution is 2.12. The summed E-state index contributed by atoms with van der Waals surface area (Å²) in [6.07, 6.45) is 1.36. The van der Waals surface area contributed by atoms with E-state index in [1.807, 2.05) is 31.2 Å². The zero-order chi connectivity index (χ0) is 13.4. The van der Waals surface area contributed by atoms with Crippen molar-refractivity contribution in [2.45, 2.75) is 32.7 Å². The number of amides is 1. The Bertz CT molecular complexity index is 363. The van der Waals surface area contributed by atoms with Crippen molar-refractivity contribution in [1.82, 2.24) is 5.32 Å². The summed E-state index contributed by atoms with van der Waals surface area (Å²) in [5.74, 6) is 0.769. The van der Waals surface area contributed by atoms with Crippen LogP contribution in [0, 0.1) is 0 Å². The molecule has 1 atom stereocenters. The minimum absolute atomic E-state index is 0.0151. The molecule has 18 heavy (non-hydrogen) atoms. The van der Waals surface area contributed by atoms with Crippen LogP contribution in [0.25, 0.3) is 0 Å². The third-order valence-electron chi connectivity index (χ3n) is 2.69. The van der Waals surface area contributed by atoms with E-state index in [1.54, 1.807) is 0 Å². The fraction of sp³-hybridized carbons (Fsp3) is 0.500. The summed E-state index contributed by atoms with van der Waals surface area (Å²) in [7, 11) is 0. The van der Waals surface area contributed by atoms with Gasteiger partial charge in [-0.15, -0.1) is 0 Å². The van der Waals surface area contributed by atoms with Crippen molar-refractivity contribution in [3.8, 4) is 5.75 Å². The van der Waals surface area contributed by atoms with E-state index in [-0.39, 0.29) is 11.9 Å². The molecule has 0 spiro atoms. The molecule has 0 saturated heterocycles. The van der Waals surface area contributed by atoms with Crippen molar-refractivity contribution >= 4 is 5.91 Å². The van der Waals surface area contributed by atoms with E-state index < -0.39 is 0 Å². The second-order valence-corrected chi connectivity index (χ2v) is 4.30. The van der Waals surface area contributed by atoms with Crippen molar-refractivity contribution in [1.29, 1.82) is 0 Å². The molecule has 0 aliphatic rings. The van der Waals surface area contributed by atoms with E-state index in [2.05, 4.69) is 12.2 Å². The molecule has 0 aliphatic heterocycles. The molecular formula is C14H22N2O2. The van der Waals surface area contributed by atoms with Gasteiger partial charge in [0.25, 0.3) is 0 Å². The number of carbonyl (C=O) groups is 1. The van der Waals surface area contributed by atoms with Gasteiger partial charge in [-0.1, -0.05) is 19.1 Å². The number of aryl methyl sites for hydroxylation is 1. The van der Waals surface area contributed by atoms with Crippen LogP contribution in [0.1, 0.15) is 25.8 Å². The van der Waals surface area contributed by atoms with Crippen LogP contribution in [-0.2, 0) is 11.2 Å². The van der Waals surface area contributed by atoms with Gasteiger partial charge < -0.3 is 15.8 Å². The van der Waals surface area contributed by atoms with Crippen LogP contribution >= 0.6 is 0 Å². The minimum atomic E-state index is -0.0295. The summed E-state index contributed by atoms with van der Waals surface area (Å²) in [5, 5.41) is 2.79. The number of benzene rings is 1. The zero-order valence-electron chi connectivity index (χ0n) is 11.1. The van der Waals surface area contributed by atoms with E-state index >= 15 is 0 Å². The first kappa shape index (κ1) is 14.5. The maximum absolute atomic E-state index is 11.5. The van der Waals surface area contributed by atoms with E-state index in [0.717, 1.165) is 12.2 Å². The SMILES string of the molecule is CCc1ccc(OCCC(=O)NC(C)CN)cc1. The highest BCUT2D eigenvalue weighted by atomic mass is 16.5. The highest BCUT2D eigenvalue weighted by Gasteiger charge is 2.05. The second-order valence-electron chi connectivity index (χ2n) is 4.30. The van der Waals surface area contributed by atoms with Gasteiger partial charge in [0.2, 0.25) is 5.91 Å². The normalized spacial score (nSPS) is 11.9. The highest BCUT2D eigenvalue weighted by molar-refractivity contribution is 5.76. The van der Waals surface area contributed by atoms with Crippen molar-refractivity contribution in [2.75, 3.05) is 13.2 Å². The molecule has 0 aromatic heterocycles.